The lowest BCUT2D eigenvalue weighted by Gasteiger charge is -2.08. The Bertz CT molecular complexity index is 839. The maximum absolute atomic E-state index is 13.0. The number of benzene rings is 2. The highest BCUT2D eigenvalue weighted by molar-refractivity contribution is 5.77. The van der Waals surface area contributed by atoms with E-state index in [4.69, 9.17) is 4.74 Å². The average Bonchev–Trinajstić information content (AvgIpc) is 2.66. The summed E-state index contributed by atoms with van der Waals surface area (Å²) in [4.78, 5) is 20.2. The summed E-state index contributed by atoms with van der Waals surface area (Å²) in [6, 6.07) is 16.9. The fourth-order valence-corrected chi connectivity index (χ4v) is 2.18. The third-order valence-electron chi connectivity index (χ3n) is 3.44. The molecule has 126 valence electrons. The van der Waals surface area contributed by atoms with Crippen molar-refractivity contribution in [1.29, 1.82) is 0 Å². The monoisotopic (exact) mass is 337 g/mol. The summed E-state index contributed by atoms with van der Waals surface area (Å²) in [5.41, 5.74) is 2.10. The third-order valence-corrected chi connectivity index (χ3v) is 3.44. The van der Waals surface area contributed by atoms with Gasteiger partial charge in [-0.2, -0.15) is 0 Å². The smallest absolute Gasteiger partial charge is 0.258 e. The minimum atomic E-state index is -0.302. The molecule has 5 nitrogen and oxygen atoms in total. The van der Waals surface area contributed by atoms with Gasteiger partial charge in [0.15, 0.2) is 6.61 Å². The number of nitrogens with one attached hydrogen (secondary N) is 1. The molecule has 0 aliphatic carbocycles. The topological polar surface area (TPSA) is 64.1 Å². The summed E-state index contributed by atoms with van der Waals surface area (Å²) in [5.74, 6) is 0.0905. The van der Waals surface area contributed by atoms with E-state index < -0.39 is 0 Å². The van der Waals surface area contributed by atoms with Crippen LogP contribution in [0.1, 0.15) is 5.69 Å². The molecule has 1 heterocycles. The lowest BCUT2D eigenvalue weighted by molar-refractivity contribution is -0.123. The molecule has 2 aromatic carbocycles. The van der Waals surface area contributed by atoms with Crippen LogP contribution in [0.15, 0.2) is 67.0 Å². The van der Waals surface area contributed by atoms with Crippen LogP contribution in [0.4, 0.5) is 4.39 Å². The molecule has 0 fully saturated rings. The molecule has 6 heteroatoms. The van der Waals surface area contributed by atoms with Gasteiger partial charge in [0.1, 0.15) is 17.9 Å². The van der Waals surface area contributed by atoms with Gasteiger partial charge in [-0.25, -0.2) is 14.4 Å². The van der Waals surface area contributed by atoms with Gasteiger partial charge in [0.2, 0.25) is 0 Å². The summed E-state index contributed by atoms with van der Waals surface area (Å²) >= 11 is 0. The summed E-state index contributed by atoms with van der Waals surface area (Å²) in [5, 5.41) is 2.74. The molecular weight excluding hydrogens is 321 g/mol. The van der Waals surface area contributed by atoms with Crippen LogP contribution in [0.3, 0.4) is 0 Å². The molecule has 3 aromatic rings. The highest BCUT2D eigenvalue weighted by Gasteiger charge is 2.06. The van der Waals surface area contributed by atoms with Crippen molar-refractivity contribution < 1.29 is 13.9 Å². The largest absolute Gasteiger partial charge is 0.484 e. The van der Waals surface area contributed by atoms with Crippen LogP contribution in [0.5, 0.6) is 5.75 Å². The molecular formula is C19H16FN3O2. The summed E-state index contributed by atoms with van der Waals surface area (Å²) < 4.78 is 18.4. The number of amides is 1. The highest BCUT2D eigenvalue weighted by Crippen LogP contribution is 2.17. The Balaban J connectivity index is 1.55. The van der Waals surface area contributed by atoms with Crippen LogP contribution in [-0.4, -0.2) is 22.5 Å². The van der Waals surface area contributed by atoms with E-state index >= 15 is 0 Å². The molecule has 0 aliphatic rings. The fraction of sp³-hybridized carbons (Fsp3) is 0.105. The van der Waals surface area contributed by atoms with Gasteiger partial charge in [-0.15, -0.1) is 0 Å². The number of rotatable bonds is 6. The highest BCUT2D eigenvalue weighted by atomic mass is 19.1. The maximum atomic E-state index is 13.0. The van der Waals surface area contributed by atoms with Gasteiger partial charge in [-0.05, 0) is 42.5 Å². The lowest BCUT2D eigenvalue weighted by Crippen LogP contribution is -2.28. The fourth-order valence-electron chi connectivity index (χ4n) is 2.18. The van der Waals surface area contributed by atoms with E-state index in [-0.39, 0.29) is 24.9 Å². The Labute approximate surface area is 144 Å². The number of ether oxygens (including phenoxy) is 1. The Morgan fingerprint density at radius 2 is 1.80 bits per heavy atom. The van der Waals surface area contributed by atoms with Gasteiger partial charge in [0.25, 0.3) is 5.91 Å². The minimum absolute atomic E-state index is 0.0695. The van der Waals surface area contributed by atoms with Crippen LogP contribution in [0.25, 0.3) is 11.3 Å². The zero-order valence-corrected chi connectivity index (χ0v) is 13.4. The summed E-state index contributed by atoms with van der Waals surface area (Å²) in [6.45, 7) is 0.188. The van der Waals surface area contributed by atoms with Gasteiger partial charge in [-0.3, -0.25) is 4.79 Å². The van der Waals surface area contributed by atoms with E-state index in [1.165, 1.54) is 18.5 Å². The number of hydrogen-bond donors (Lipinski definition) is 1. The van der Waals surface area contributed by atoms with E-state index in [9.17, 15) is 9.18 Å². The van der Waals surface area contributed by atoms with Crippen molar-refractivity contribution in [2.75, 3.05) is 6.61 Å². The van der Waals surface area contributed by atoms with Crippen LogP contribution in [0.2, 0.25) is 0 Å². The molecule has 0 bridgehead atoms. The second kappa shape index (κ2) is 8.01. The first-order valence-electron chi connectivity index (χ1n) is 7.72. The van der Waals surface area contributed by atoms with Crippen LogP contribution < -0.4 is 10.1 Å². The average molecular weight is 337 g/mol. The first kappa shape index (κ1) is 16.6. The lowest BCUT2D eigenvalue weighted by atomic mass is 10.1. The minimum Gasteiger partial charge on any atom is -0.484 e. The van der Waals surface area contributed by atoms with Crippen molar-refractivity contribution in [2.45, 2.75) is 6.54 Å². The van der Waals surface area contributed by atoms with Crippen molar-refractivity contribution in [2.24, 2.45) is 0 Å². The second-order valence-corrected chi connectivity index (χ2v) is 5.28. The Kier molecular flexibility index (Phi) is 5.31. The first-order chi connectivity index (χ1) is 12.2. The van der Waals surface area contributed by atoms with E-state index in [0.29, 0.717) is 17.1 Å². The van der Waals surface area contributed by atoms with Gasteiger partial charge in [0, 0.05) is 5.56 Å². The molecule has 25 heavy (non-hydrogen) atoms. The van der Waals surface area contributed by atoms with Crippen molar-refractivity contribution in [1.82, 2.24) is 15.3 Å². The maximum Gasteiger partial charge on any atom is 0.258 e. The third kappa shape index (κ3) is 4.84. The molecule has 3 rings (SSSR count). The molecule has 1 N–H and O–H groups in total. The van der Waals surface area contributed by atoms with Gasteiger partial charge < -0.3 is 10.1 Å². The number of nitrogens with zero attached hydrogens (tertiary/aromatic N) is 2. The van der Waals surface area contributed by atoms with Crippen molar-refractivity contribution in [3.8, 4) is 17.0 Å². The predicted molar refractivity (Wildman–Crippen MR) is 91.2 cm³/mol. The molecule has 0 spiro atoms. The van der Waals surface area contributed by atoms with Gasteiger partial charge in [0.05, 0.1) is 17.9 Å². The van der Waals surface area contributed by atoms with Crippen LogP contribution in [0, 0.1) is 5.82 Å². The van der Waals surface area contributed by atoms with Crippen LogP contribution >= 0.6 is 0 Å². The number of carbonyl (C=O) groups excluding carboxylic acids is 1. The molecule has 0 aliphatic heterocycles. The van der Waals surface area contributed by atoms with Crippen LogP contribution in [-0.2, 0) is 11.3 Å². The molecule has 0 unspecified atom stereocenters. The molecule has 1 aromatic heterocycles. The van der Waals surface area contributed by atoms with Crippen molar-refractivity contribution in [3.63, 3.8) is 0 Å². The zero-order chi connectivity index (χ0) is 17.5. The molecule has 0 saturated carbocycles. The second-order valence-electron chi connectivity index (χ2n) is 5.28. The Morgan fingerprint density at radius 1 is 1.04 bits per heavy atom. The number of carbonyl (C=O) groups is 1. The van der Waals surface area contributed by atoms with E-state index in [1.807, 2.05) is 18.2 Å². The molecule has 1 amide bonds. The Hall–Kier alpha value is -3.28. The van der Waals surface area contributed by atoms with E-state index in [0.717, 1.165) is 5.56 Å². The molecule has 0 saturated heterocycles. The standard InChI is InChI=1S/C19H16FN3O2/c20-15-8-6-14(7-9-15)18-10-16(22-13-23-18)11-21-19(24)12-25-17-4-2-1-3-5-17/h1-10,13H,11-12H2,(H,21,24). The quantitative estimate of drug-likeness (QED) is 0.751. The summed E-state index contributed by atoms with van der Waals surface area (Å²) in [6.07, 6.45) is 1.42. The Morgan fingerprint density at radius 3 is 2.56 bits per heavy atom. The van der Waals surface area contributed by atoms with E-state index in [2.05, 4.69) is 15.3 Å². The van der Waals surface area contributed by atoms with Crippen molar-refractivity contribution >= 4 is 5.91 Å². The summed E-state index contributed by atoms with van der Waals surface area (Å²) in [7, 11) is 0. The SMILES string of the molecule is O=C(COc1ccccc1)NCc1cc(-c2ccc(F)cc2)ncn1. The first-order valence-corrected chi connectivity index (χ1v) is 7.72. The normalized spacial score (nSPS) is 10.3. The number of halogens is 1. The van der Waals surface area contributed by atoms with Gasteiger partial charge >= 0.3 is 0 Å². The molecule has 0 radical (unpaired) electrons. The predicted octanol–water partition coefficient (Wildman–Crippen LogP) is 2.98. The molecule has 0 atom stereocenters. The number of aromatic nitrogens is 2. The van der Waals surface area contributed by atoms with Crippen molar-refractivity contribution in [3.05, 3.63) is 78.5 Å². The number of hydrogen-bond acceptors (Lipinski definition) is 4. The van der Waals surface area contributed by atoms with Gasteiger partial charge in [-0.1, -0.05) is 18.2 Å². The zero-order valence-electron chi connectivity index (χ0n) is 13.4. The van der Waals surface area contributed by atoms with E-state index in [1.54, 1.807) is 30.3 Å². The number of para-hydroxylation sites is 1.